The maximum atomic E-state index is 11.8. The number of piperidine rings is 1. The molecule has 1 fully saturated rings. The molecule has 1 aromatic carbocycles. The average molecular weight is 414 g/mol. The van der Waals surface area contributed by atoms with E-state index in [1.165, 1.54) is 6.92 Å². The van der Waals surface area contributed by atoms with Gasteiger partial charge in [-0.2, -0.15) is 0 Å². The minimum atomic E-state index is -0.645. The van der Waals surface area contributed by atoms with Crippen LogP contribution in [-0.2, 0) is 24.6 Å². The van der Waals surface area contributed by atoms with Gasteiger partial charge < -0.3 is 20.6 Å². The summed E-state index contributed by atoms with van der Waals surface area (Å²) in [5.41, 5.74) is 2.11. The highest BCUT2D eigenvalue weighted by Gasteiger charge is 2.21. The van der Waals surface area contributed by atoms with Gasteiger partial charge in [-0.1, -0.05) is 18.2 Å². The lowest BCUT2D eigenvalue weighted by atomic mass is 9.96. The lowest BCUT2D eigenvalue weighted by Crippen LogP contribution is -2.38. The lowest BCUT2D eigenvalue weighted by molar-refractivity contribution is -0.118. The Labute approximate surface area is 170 Å². The molecule has 0 aromatic heterocycles. The van der Waals surface area contributed by atoms with Gasteiger partial charge in [0, 0.05) is 13.1 Å². The van der Waals surface area contributed by atoms with E-state index in [-0.39, 0.29) is 31.4 Å². The van der Waals surface area contributed by atoms with Gasteiger partial charge in [0.2, 0.25) is 5.70 Å². The van der Waals surface area contributed by atoms with E-state index < -0.39 is 11.6 Å². The van der Waals surface area contributed by atoms with E-state index in [9.17, 15) is 25.0 Å². The second-order valence-corrected chi connectivity index (χ2v) is 6.87. The van der Waals surface area contributed by atoms with Crippen LogP contribution in [0.25, 0.3) is 0 Å². The van der Waals surface area contributed by atoms with Gasteiger partial charge in [0.1, 0.15) is 5.76 Å². The van der Waals surface area contributed by atoms with Crippen LogP contribution in [0.2, 0.25) is 0 Å². The number of hydrogen-bond donors (Lipinski definition) is 4. The van der Waals surface area contributed by atoms with E-state index in [1.807, 2.05) is 18.2 Å². The molecular formula is C19H28ClN3O5. The van der Waals surface area contributed by atoms with Crippen molar-refractivity contribution in [3.8, 4) is 0 Å². The predicted octanol–water partition coefficient (Wildman–Crippen LogP) is 1.98. The molecule has 1 amide bonds. The van der Waals surface area contributed by atoms with E-state index in [1.54, 1.807) is 0 Å². The van der Waals surface area contributed by atoms with Crippen LogP contribution in [0.5, 0.6) is 0 Å². The summed E-state index contributed by atoms with van der Waals surface area (Å²) in [7, 11) is 0. The van der Waals surface area contributed by atoms with Crippen molar-refractivity contribution < 1.29 is 20.1 Å². The molecule has 0 radical (unpaired) electrons. The highest BCUT2D eigenvalue weighted by atomic mass is 35.5. The molecule has 0 unspecified atom stereocenters. The van der Waals surface area contributed by atoms with Crippen LogP contribution < -0.4 is 5.32 Å². The largest absolute Gasteiger partial charge is 0.510 e. The summed E-state index contributed by atoms with van der Waals surface area (Å²) in [6, 6.07) is 5.74. The van der Waals surface area contributed by atoms with E-state index in [4.69, 9.17) is 0 Å². The summed E-state index contributed by atoms with van der Waals surface area (Å²) >= 11 is 0. The van der Waals surface area contributed by atoms with Gasteiger partial charge in [0.05, 0.1) is 13.2 Å². The van der Waals surface area contributed by atoms with Crippen LogP contribution in [0.1, 0.15) is 36.5 Å². The minimum Gasteiger partial charge on any atom is -0.510 e. The molecule has 0 atom stereocenters. The van der Waals surface area contributed by atoms with Crippen LogP contribution in [-0.4, -0.2) is 45.8 Å². The molecule has 156 valence electrons. The number of hydrogen-bond acceptors (Lipinski definition) is 7. The van der Waals surface area contributed by atoms with Gasteiger partial charge in [0.25, 0.3) is 5.91 Å². The number of nitrogens with one attached hydrogen (secondary N) is 1. The van der Waals surface area contributed by atoms with Gasteiger partial charge in [-0.25, -0.2) is 0 Å². The van der Waals surface area contributed by atoms with Gasteiger partial charge in [0.15, 0.2) is 0 Å². The zero-order chi connectivity index (χ0) is 19.8. The monoisotopic (exact) mass is 413 g/mol. The van der Waals surface area contributed by atoms with Crippen LogP contribution in [0.15, 0.2) is 34.8 Å². The number of carbonyl (C=O) groups is 1. The Morgan fingerprint density at radius 3 is 2.39 bits per heavy atom. The summed E-state index contributed by atoms with van der Waals surface area (Å²) in [5.74, 6) is -0.721. The van der Waals surface area contributed by atoms with Crippen LogP contribution >= 0.6 is 12.4 Å². The fourth-order valence-electron chi connectivity index (χ4n) is 3.28. The Bertz CT molecular complexity index is 699. The van der Waals surface area contributed by atoms with E-state index in [0.717, 1.165) is 49.2 Å². The van der Waals surface area contributed by atoms with Crippen molar-refractivity contribution in [2.24, 2.45) is 11.1 Å². The number of carbonyl (C=O) groups excluding carboxylic acids is 1. The molecule has 0 spiro atoms. The van der Waals surface area contributed by atoms with E-state index in [2.05, 4.69) is 15.4 Å². The standard InChI is InChI=1S/C19H27N3O5.ClH/c1-13(25)18(21-27)19(26)20-9-14-4-6-22(7-5-14)10-15-2-3-16(11-23)17(8-15)12-24;/h2-3,8,14,23-25H,4-7,9-12H2,1H3,(H,20,26);1H. The van der Waals surface area contributed by atoms with Crippen molar-refractivity contribution in [3.63, 3.8) is 0 Å². The average Bonchev–Trinajstić information content (AvgIpc) is 2.67. The first kappa shape index (κ1) is 24.0. The number of likely N-dealkylation sites (tertiary alicyclic amines) is 1. The first-order chi connectivity index (χ1) is 13.0. The molecule has 28 heavy (non-hydrogen) atoms. The third-order valence-electron chi connectivity index (χ3n) is 4.93. The molecule has 1 aliphatic rings. The number of benzene rings is 1. The summed E-state index contributed by atoms with van der Waals surface area (Å²) < 4.78 is 0. The van der Waals surface area contributed by atoms with Crippen molar-refractivity contribution >= 4 is 18.3 Å². The number of rotatable bonds is 8. The summed E-state index contributed by atoms with van der Waals surface area (Å²) in [4.78, 5) is 24.7. The number of aliphatic hydroxyl groups excluding tert-OH is 3. The third-order valence-corrected chi connectivity index (χ3v) is 4.93. The molecule has 9 heteroatoms. The molecule has 1 heterocycles. The second-order valence-electron chi connectivity index (χ2n) is 6.87. The number of nitrogens with zero attached hydrogens (tertiary/aromatic N) is 2. The highest BCUT2D eigenvalue weighted by molar-refractivity contribution is 5.93. The molecule has 0 aliphatic carbocycles. The summed E-state index contributed by atoms with van der Waals surface area (Å²) in [5, 5.41) is 33.1. The van der Waals surface area contributed by atoms with Crippen molar-refractivity contribution in [3.05, 3.63) is 51.3 Å². The molecule has 1 aliphatic heterocycles. The van der Waals surface area contributed by atoms with Gasteiger partial charge in [-0.05, 0) is 60.6 Å². The molecule has 1 saturated heterocycles. The van der Waals surface area contributed by atoms with Gasteiger partial charge in [-0.15, -0.1) is 17.3 Å². The fraction of sp³-hybridized carbons (Fsp3) is 0.526. The van der Waals surface area contributed by atoms with Crippen molar-refractivity contribution in [2.75, 3.05) is 19.6 Å². The molecule has 1 aromatic rings. The Morgan fingerprint density at radius 2 is 1.86 bits per heavy atom. The highest BCUT2D eigenvalue weighted by Crippen LogP contribution is 2.20. The first-order valence-electron chi connectivity index (χ1n) is 9.04. The molecule has 0 saturated carbocycles. The Kier molecular flexibility index (Phi) is 10.1. The van der Waals surface area contributed by atoms with Gasteiger partial charge in [-0.3, -0.25) is 9.69 Å². The Morgan fingerprint density at radius 1 is 1.21 bits per heavy atom. The SMILES string of the molecule is CC(O)=C(N=O)C(=O)NCC1CCN(Cc2ccc(CO)c(CO)c2)CC1.Cl. The number of aliphatic hydroxyl groups is 3. The maximum Gasteiger partial charge on any atom is 0.277 e. The van der Waals surface area contributed by atoms with Gasteiger partial charge >= 0.3 is 0 Å². The Balaban J connectivity index is 0.00000392. The molecule has 4 N–H and O–H groups in total. The van der Waals surface area contributed by atoms with E-state index >= 15 is 0 Å². The number of amides is 1. The lowest BCUT2D eigenvalue weighted by Gasteiger charge is -2.32. The molecular weight excluding hydrogens is 386 g/mol. The number of halogens is 1. The number of nitroso groups, excluding NO2 is 1. The van der Waals surface area contributed by atoms with E-state index in [0.29, 0.717) is 12.5 Å². The van der Waals surface area contributed by atoms with Crippen molar-refractivity contribution in [1.29, 1.82) is 0 Å². The van der Waals surface area contributed by atoms with Crippen LogP contribution in [0, 0.1) is 10.8 Å². The topological polar surface area (TPSA) is 122 Å². The first-order valence-corrected chi connectivity index (χ1v) is 9.04. The Hall–Kier alpha value is -2.00. The normalized spacial score (nSPS) is 16.1. The zero-order valence-corrected chi connectivity index (χ0v) is 16.7. The van der Waals surface area contributed by atoms with Crippen LogP contribution in [0.4, 0.5) is 0 Å². The van der Waals surface area contributed by atoms with Crippen molar-refractivity contribution in [2.45, 2.75) is 39.5 Å². The molecule has 8 nitrogen and oxygen atoms in total. The quantitative estimate of drug-likeness (QED) is 0.293. The molecule has 0 bridgehead atoms. The fourth-order valence-corrected chi connectivity index (χ4v) is 3.28. The predicted molar refractivity (Wildman–Crippen MR) is 108 cm³/mol. The molecule has 2 rings (SSSR count). The third kappa shape index (κ3) is 6.56. The summed E-state index contributed by atoms with van der Waals surface area (Å²) in [6.45, 7) is 4.05. The van der Waals surface area contributed by atoms with Crippen molar-refractivity contribution in [1.82, 2.24) is 10.2 Å². The number of allylic oxidation sites excluding steroid dienone is 1. The second kappa shape index (κ2) is 11.8. The summed E-state index contributed by atoms with van der Waals surface area (Å²) in [6.07, 6.45) is 1.82. The minimum absolute atomic E-state index is 0. The smallest absolute Gasteiger partial charge is 0.277 e. The zero-order valence-electron chi connectivity index (χ0n) is 15.9. The van der Waals surface area contributed by atoms with Crippen LogP contribution in [0.3, 0.4) is 0 Å². The maximum absolute atomic E-state index is 11.8.